The first kappa shape index (κ1) is 8.99. The zero-order chi connectivity index (χ0) is 9.14. The second kappa shape index (κ2) is 3.53. The van der Waals surface area contributed by atoms with Gasteiger partial charge in [0.15, 0.2) is 0 Å². The Labute approximate surface area is 70.4 Å². The Morgan fingerprint density at radius 2 is 2.25 bits per heavy atom. The van der Waals surface area contributed by atoms with Crippen molar-refractivity contribution in [2.45, 2.75) is 26.0 Å². The van der Waals surface area contributed by atoms with Crippen LogP contribution in [-0.4, -0.2) is 34.7 Å². The summed E-state index contributed by atoms with van der Waals surface area (Å²) in [6.45, 7) is 2.40. The maximum Gasteiger partial charge on any atom is 0.326 e. The SMILES string of the molecule is CCCCN1C(=O)NC(=O)C1O. The number of aliphatic hydroxyl groups excluding tert-OH is 1. The van der Waals surface area contributed by atoms with Crippen LogP contribution in [0.1, 0.15) is 19.8 Å². The number of nitrogens with zero attached hydrogens (tertiary/aromatic N) is 1. The number of hydrogen-bond donors (Lipinski definition) is 2. The number of rotatable bonds is 3. The lowest BCUT2D eigenvalue weighted by atomic mass is 10.3. The van der Waals surface area contributed by atoms with Gasteiger partial charge in [0, 0.05) is 6.54 Å². The molecule has 5 nitrogen and oxygen atoms in total. The highest BCUT2D eigenvalue weighted by Crippen LogP contribution is 2.06. The van der Waals surface area contributed by atoms with Gasteiger partial charge in [0.2, 0.25) is 6.23 Å². The minimum absolute atomic E-state index is 0.426. The fourth-order valence-electron chi connectivity index (χ4n) is 1.05. The standard InChI is InChI=1S/C7H12N2O3/c1-2-3-4-9-6(11)5(10)8-7(9)12/h6,11H,2-4H2,1H3,(H,8,10,12). The molecule has 0 saturated carbocycles. The average molecular weight is 172 g/mol. The van der Waals surface area contributed by atoms with Crippen molar-refractivity contribution in [1.82, 2.24) is 10.2 Å². The molecule has 0 aromatic carbocycles. The number of carbonyl (C=O) groups excluding carboxylic acids is 2. The molecule has 3 amide bonds. The molecule has 0 bridgehead atoms. The van der Waals surface area contributed by atoms with Crippen molar-refractivity contribution in [1.29, 1.82) is 0 Å². The van der Waals surface area contributed by atoms with E-state index < -0.39 is 18.2 Å². The molecule has 0 radical (unpaired) electrons. The molecule has 12 heavy (non-hydrogen) atoms. The van der Waals surface area contributed by atoms with E-state index in [9.17, 15) is 9.59 Å². The third kappa shape index (κ3) is 1.55. The average Bonchev–Trinajstić information content (AvgIpc) is 2.25. The Kier molecular flexibility index (Phi) is 2.65. The monoisotopic (exact) mass is 172 g/mol. The van der Waals surface area contributed by atoms with E-state index >= 15 is 0 Å². The van der Waals surface area contributed by atoms with Crippen LogP contribution in [0, 0.1) is 0 Å². The second-order valence-electron chi connectivity index (χ2n) is 2.72. The molecule has 1 aliphatic heterocycles. The molecular weight excluding hydrogens is 160 g/mol. The first-order valence-electron chi connectivity index (χ1n) is 3.96. The summed E-state index contributed by atoms with van der Waals surface area (Å²) in [5.74, 6) is -0.629. The van der Waals surface area contributed by atoms with E-state index in [1.54, 1.807) is 0 Å². The summed E-state index contributed by atoms with van der Waals surface area (Å²) in [4.78, 5) is 22.8. The number of unbranched alkanes of at least 4 members (excludes halogenated alkanes) is 1. The van der Waals surface area contributed by atoms with Gasteiger partial charge in [-0.25, -0.2) is 4.79 Å². The number of imide groups is 1. The minimum atomic E-state index is -1.29. The molecule has 1 unspecified atom stereocenters. The fraction of sp³-hybridized carbons (Fsp3) is 0.714. The summed E-state index contributed by atoms with van der Waals surface area (Å²) in [5.41, 5.74) is 0. The minimum Gasteiger partial charge on any atom is -0.365 e. The summed E-state index contributed by atoms with van der Waals surface area (Å²) >= 11 is 0. The van der Waals surface area contributed by atoms with Gasteiger partial charge in [-0.1, -0.05) is 13.3 Å². The van der Waals surface area contributed by atoms with Crippen LogP contribution in [0.25, 0.3) is 0 Å². The van der Waals surface area contributed by atoms with Gasteiger partial charge in [-0.3, -0.25) is 15.0 Å². The predicted molar refractivity (Wildman–Crippen MR) is 41.2 cm³/mol. The molecule has 68 valence electrons. The van der Waals surface area contributed by atoms with E-state index in [-0.39, 0.29) is 0 Å². The predicted octanol–water partition coefficient (Wildman–Crippen LogP) is -0.343. The van der Waals surface area contributed by atoms with Gasteiger partial charge < -0.3 is 5.11 Å². The molecular formula is C7H12N2O3. The van der Waals surface area contributed by atoms with Crippen LogP contribution >= 0.6 is 0 Å². The van der Waals surface area contributed by atoms with Crippen LogP contribution in [0.15, 0.2) is 0 Å². The first-order chi connectivity index (χ1) is 5.66. The Morgan fingerprint density at radius 1 is 1.58 bits per heavy atom. The maximum absolute atomic E-state index is 10.9. The Bertz CT molecular complexity index is 205. The second-order valence-corrected chi connectivity index (χ2v) is 2.72. The number of nitrogens with one attached hydrogen (secondary N) is 1. The van der Waals surface area contributed by atoms with Crippen LogP contribution in [0.3, 0.4) is 0 Å². The molecule has 0 aromatic heterocycles. The largest absolute Gasteiger partial charge is 0.365 e. The van der Waals surface area contributed by atoms with Crippen LogP contribution in [0.4, 0.5) is 4.79 Å². The van der Waals surface area contributed by atoms with Gasteiger partial charge in [0.05, 0.1) is 0 Å². The Hall–Kier alpha value is -1.10. The van der Waals surface area contributed by atoms with E-state index in [4.69, 9.17) is 5.11 Å². The first-order valence-corrected chi connectivity index (χ1v) is 3.96. The zero-order valence-corrected chi connectivity index (χ0v) is 6.91. The van der Waals surface area contributed by atoms with Crippen molar-refractivity contribution >= 4 is 11.9 Å². The van der Waals surface area contributed by atoms with Crippen molar-refractivity contribution in [2.24, 2.45) is 0 Å². The number of carbonyl (C=O) groups is 2. The summed E-state index contributed by atoms with van der Waals surface area (Å²) in [5, 5.41) is 11.2. The van der Waals surface area contributed by atoms with E-state index in [1.807, 2.05) is 12.2 Å². The topological polar surface area (TPSA) is 69.6 Å². The summed E-state index contributed by atoms with van der Waals surface area (Å²) in [6, 6.07) is -0.499. The van der Waals surface area contributed by atoms with E-state index in [0.717, 1.165) is 17.7 Å². The van der Waals surface area contributed by atoms with Crippen molar-refractivity contribution in [2.75, 3.05) is 6.54 Å². The molecule has 1 fully saturated rings. The molecule has 5 heteroatoms. The highest BCUT2D eigenvalue weighted by atomic mass is 16.3. The third-order valence-corrected chi connectivity index (χ3v) is 1.77. The van der Waals surface area contributed by atoms with Crippen LogP contribution in [0.5, 0.6) is 0 Å². The fourth-order valence-corrected chi connectivity index (χ4v) is 1.05. The molecule has 1 atom stereocenters. The van der Waals surface area contributed by atoms with Crippen LogP contribution in [0.2, 0.25) is 0 Å². The van der Waals surface area contributed by atoms with Crippen LogP contribution in [-0.2, 0) is 4.79 Å². The van der Waals surface area contributed by atoms with E-state index in [1.165, 1.54) is 0 Å². The van der Waals surface area contributed by atoms with Gasteiger partial charge >= 0.3 is 6.03 Å². The third-order valence-electron chi connectivity index (χ3n) is 1.77. The van der Waals surface area contributed by atoms with Crippen molar-refractivity contribution in [3.8, 4) is 0 Å². The number of urea groups is 1. The molecule has 0 aliphatic carbocycles. The smallest absolute Gasteiger partial charge is 0.326 e. The summed E-state index contributed by atoms with van der Waals surface area (Å²) in [6.07, 6.45) is 0.423. The molecule has 1 heterocycles. The van der Waals surface area contributed by atoms with Crippen molar-refractivity contribution < 1.29 is 14.7 Å². The number of amides is 3. The van der Waals surface area contributed by atoms with Crippen molar-refractivity contribution in [3.63, 3.8) is 0 Å². The number of hydrogen-bond acceptors (Lipinski definition) is 3. The van der Waals surface area contributed by atoms with Gasteiger partial charge in [0.25, 0.3) is 5.91 Å². The highest BCUT2D eigenvalue weighted by molar-refractivity contribution is 6.03. The lowest BCUT2D eigenvalue weighted by Crippen LogP contribution is -2.35. The molecule has 1 saturated heterocycles. The molecule has 0 spiro atoms. The summed E-state index contributed by atoms with van der Waals surface area (Å²) in [7, 11) is 0. The zero-order valence-electron chi connectivity index (χ0n) is 6.91. The molecule has 1 rings (SSSR count). The lowest BCUT2D eigenvalue weighted by molar-refractivity contribution is -0.130. The molecule has 2 N–H and O–H groups in total. The Balaban J connectivity index is 2.51. The van der Waals surface area contributed by atoms with Crippen LogP contribution < -0.4 is 5.32 Å². The summed E-state index contributed by atoms with van der Waals surface area (Å²) < 4.78 is 0. The van der Waals surface area contributed by atoms with Gasteiger partial charge in [-0.2, -0.15) is 0 Å². The Morgan fingerprint density at radius 3 is 2.67 bits per heavy atom. The quantitative estimate of drug-likeness (QED) is 0.572. The van der Waals surface area contributed by atoms with Crippen molar-refractivity contribution in [3.05, 3.63) is 0 Å². The lowest BCUT2D eigenvalue weighted by Gasteiger charge is -2.15. The normalized spacial score (nSPS) is 23.2. The highest BCUT2D eigenvalue weighted by Gasteiger charge is 2.35. The van der Waals surface area contributed by atoms with E-state index in [0.29, 0.717) is 6.54 Å². The molecule has 0 aromatic rings. The van der Waals surface area contributed by atoms with Gasteiger partial charge in [-0.05, 0) is 6.42 Å². The van der Waals surface area contributed by atoms with E-state index in [2.05, 4.69) is 0 Å². The number of aliphatic hydroxyl groups is 1. The maximum atomic E-state index is 10.9. The van der Waals surface area contributed by atoms with Gasteiger partial charge in [0.1, 0.15) is 0 Å². The van der Waals surface area contributed by atoms with Gasteiger partial charge in [-0.15, -0.1) is 0 Å². The molecule has 1 aliphatic rings.